The van der Waals surface area contributed by atoms with E-state index in [4.69, 9.17) is 5.73 Å². The first-order valence-electron chi connectivity index (χ1n) is 4.65. The zero-order valence-corrected chi connectivity index (χ0v) is 8.60. The van der Waals surface area contributed by atoms with Crippen molar-refractivity contribution < 1.29 is 4.92 Å². The highest BCUT2D eigenvalue weighted by Crippen LogP contribution is 2.26. The molecule has 2 aromatic rings. The van der Waals surface area contributed by atoms with Gasteiger partial charge in [0.15, 0.2) is 0 Å². The predicted octanol–water partition coefficient (Wildman–Crippen LogP) is 1.88. The van der Waals surface area contributed by atoms with Crippen molar-refractivity contribution in [3.8, 4) is 11.3 Å². The molecule has 0 saturated heterocycles. The number of nitrogens with zero attached hydrogens (tertiary/aromatic N) is 2. The number of hydrogen-bond donors (Lipinski definition) is 2. The van der Waals surface area contributed by atoms with Crippen LogP contribution in [0.3, 0.4) is 0 Å². The second-order valence-corrected chi connectivity index (χ2v) is 3.42. The summed E-state index contributed by atoms with van der Waals surface area (Å²) in [5.41, 5.74) is 7.85. The molecule has 0 aliphatic heterocycles. The van der Waals surface area contributed by atoms with Crippen molar-refractivity contribution in [3.63, 3.8) is 0 Å². The maximum Gasteiger partial charge on any atom is 0.270 e. The van der Waals surface area contributed by atoms with E-state index in [-0.39, 0.29) is 5.69 Å². The van der Waals surface area contributed by atoms with Crippen molar-refractivity contribution >= 4 is 11.5 Å². The maximum atomic E-state index is 10.6. The van der Waals surface area contributed by atoms with Gasteiger partial charge in [0.05, 0.1) is 10.6 Å². The summed E-state index contributed by atoms with van der Waals surface area (Å²) >= 11 is 0. The molecule has 0 radical (unpaired) electrons. The summed E-state index contributed by atoms with van der Waals surface area (Å²) in [6.07, 6.45) is 0. The third kappa shape index (κ3) is 1.60. The number of nitrogen functional groups attached to an aromatic ring is 1. The molecule has 82 valence electrons. The van der Waals surface area contributed by atoms with E-state index in [9.17, 15) is 10.1 Å². The lowest BCUT2D eigenvalue weighted by Gasteiger charge is -1.99. The Hall–Kier alpha value is -2.37. The number of aromatic nitrogens is 2. The quantitative estimate of drug-likeness (QED) is 0.593. The van der Waals surface area contributed by atoms with Crippen LogP contribution < -0.4 is 5.73 Å². The fourth-order valence-corrected chi connectivity index (χ4v) is 1.47. The molecule has 0 aliphatic carbocycles. The molecule has 16 heavy (non-hydrogen) atoms. The normalized spacial score (nSPS) is 10.3. The molecular weight excluding hydrogens is 208 g/mol. The van der Waals surface area contributed by atoms with Crippen molar-refractivity contribution in [2.45, 2.75) is 6.92 Å². The largest absolute Gasteiger partial charge is 0.382 e. The van der Waals surface area contributed by atoms with Crippen molar-refractivity contribution in [2.24, 2.45) is 0 Å². The second kappa shape index (κ2) is 3.65. The van der Waals surface area contributed by atoms with Crippen LogP contribution in [0.2, 0.25) is 0 Å². The number of nitrogens with one attached hydrogen (secondary N) is 1. The van der Waals surface area contributed by atoms with Crippen molar-refractivity contribution in [2.75, 3.05) is 5.73 Å². The molecule has 6 nitrogen and oxygen atoms in total. The molecule has 0 saturated carbocycles. The summed E-state index contributed by atoms with van der Waals surface area (Å²) in [6.45, 7) is 1.81. The molecule has 1 heterocycles. The first kappa shape index (κ1) is 10.2. The number of non-ortho nitro benzene ring substituents is 1. The molecule has 0 bridgehead atoms. The van der Waals surface area contributed by atoms with Gasteiger partial charge in [0.1, 0.15) is 5.82 Å². The minimum Gasteiger partial charge on any atom is -0.382 e. The van der Waals surface area contributed by atoms with Gasteiger partial charge in [-0.25, -0.2) is 0 Å². The molecule has 0 atom stereocenters. The predicted molar refractivity (Wildman–Crippen MR) is 59.8 cm³/mol. The highest BCUT2D eigenvalue weighted by molar-refractivity contribution is 5.69. The van der Waals surface area contributed by atoms with Crippen LogP contribution in [0.5, 0.6) is 0 Å². The summed E-state index contributed by atoms with van der Waals surface area (Å²) < 4.78 is 0. The molecule has 0 spiro atoms. The van der Waals surface area contributed by atoms with Crippen LogP contribution >= 0.6 is 0 Å². The first-order valence-corrected chi connectivity index (χ1v) is 4.65. The van der Waals surface area contributed by atoms with Gasteiger partial charge in [-0.15, -0.1) is 0 Å². The number of aromatic amines is 1. The maximum absolute atomic E-state index is 10.6. The van der Waals surface area contributed by atoms with Gasteiger partial charge >= 0.3 is 0 Å². The summed E-state index contributed by atoms with van der Waals surface area (Å²) in [5, 5.41) is 17.2. The Balaban J connectivity index is 2.52. The minimum atomic E-state index is -0.432. The number of nitrogens with two attached hydrogens (primary N) is 1. The number of H-pyrrole nitrogens is 1. The van der Waals surface area contributed by atoms with E-state index in [1.165, 1.54) is 12.1 Å². The smallest absolute Gasteiger partial charge is 0.270 e. The highest BCUT2D eigenvalue weighted by Gasteiger charge is 2.11. The molecule has 0 aliphatic rings. The topological polar surface area (TPSA) is 97.8 Å². The molecule has 1 aromatic heterocycles. The zero-order valence-electron chi connectivity index (χ0n) is 8.60. The third-order valence-electron chi connectivity index (χ3n) is 2.39. The van der Waals surface area contributed by atoms with Crippen LogP contribution in [0, 0.1) is 17.0 Å². The first-order chi connectivity index (χ1) is 7.59. The molecule has 6 heteroatoms. The van der Waals surface area contributed by atoms with Gasteiger partial charge < -0.3 is 5.73 Å². The Bertz CT molecular complexity index is 548. The van der Waals surface area contributed by atoms with E-state index in [1.54, 1.807) is 12.1 Å². The van der Waals surface area contributed by atoms with Crippen LogP contribution in [-0.4, -0.2) is 15.1 Å². The highest BCUT2D eigenvalue weighted by atomic mass is 16.6. The fourth-order valence-electron chi connectivity index (χ4n) is 1.47. The minimum absolute atomic E-state index is 0.0464. The summed E-state index contributed by atoms with van der Waals surface area (Å²) in [7, 11) is 0. The van der Waals surface area contributed by atoms with Crippen LogP contribution in [0.1, 0.15) is 5.56 Å². The lowest BCUT2D eigenvalue weighted by Crippen LogP contribution is -1.89. The Labute approximate surface area is 91.2 Å². The summed E-state index contributed by atoms with van der Waals surface area (Å²) in [5.74, 6) is 0.404. The van der Waals surface area contributed by atoms with Gasteiger partial charge in [-0.3, -0.25) is 15.2 Å². The second-order valence-electron chi connectivity index (χ2n) is 3.42. The number of nitro benzene ring substituents is 1. The monoisotopic (exact) mass is 218 g/mol. The van der Waals surface area contributed by atoms with E-state index in [0.717, 1.165) is 5.56 Å². The van der Waals surface area contributed by atoms with Gasteiger partial charge in [0, 0.05) is 23.3 Å². The van der Waals surface area contributed by atoms with Crippen molar-refractivity contribution in [1.29, 1.82) is 0 Å². The third-order valence-corrected chi connectivity index (χ3v) is 2.39. The van der Waals surface area contributed by atoms with E-state index in [2.05, 4.69) is 10.2 Å². The average molecular weight is 218 g/mol. The van der Waals surface area contributed by atoms with Crippen LogP contribution in [0.15, 0.2) is 24.3 Å². The fraction of sp³-hybridized carbons (Fsp3) is 0.100. The Morgan fingerprint density at radius 3 is 2.81 bits per heavy atom. The number of hydrogen-bond acceptors (Lipinski definition) is 4. The van der Waals surface area contributed by atoms with Crippen LogP contribution in [-0.2, 0) is 0 Å². The van der Waals surface area contributed by atoms with E-state index in [1.807, 2.05) is 6.92 Å². The summed E-state index contributed by atoms with van der Waals surface area (Å²) in [4.78, 5) is 10.2. The molecule has 3 N–H and O–H groups in total. The zero-order chi connectivity index (χ0) is 11.7. The molecule has 0 unspecified atom stereocenters. The Morgan fingerprint density at radius 1 is 1.50 bits per heavy atom. The van der Waals surface area contributed by atoms with Gasteiger partial charge in [0.25, 0.3) is 5.69 Å². The Morgan fingerprint density at radius 2 is 2.25 bits per heavy atom. The number of anilines is 1. The number of benzene rings is 1. The van der Waals surface area contributed by atoms with Crippen LogP contribution in [0.25, 0.3) is 11.3 Å². The molecule has 2 rings (SSSR count). The van der Waals surface area contributed by atoms with Crippen molar-refractivity contribution in [1.82, 2.24) is 10.2 Å². The Kier molecular flexibility index (Phi) is 2.32. The van der Waals surface area contributed by atoms with Gasteiger partial charge in [-0.2, -0.15) is 5.10 Å². The SMILES string of the molecule is Cc1c(N)n[nH]c1-c1cccc([N+](=O)[O-])c1. The van der Waals surface area contributed by atoms with E-state index in [0.29, 0.717) is 17.1 Å². The lowest BCUT2D eigenvalue weighted by atomic mass is 10.1. The molecule has 0 amide bonds. The molecule has 1 aromatic carbocycles. The van der Waals surface area contributed by atoms with Crippen LogP contribution in [0.4, 0.5) is 11.5 Å². The lowest BCUT2D eigenvalue weighted by molar-refractivity contribution is -0.384. The average Bonchev–Trinajstić information content (AvgIpc) is 2.60. The number of nitro groups is 1. The molecule has 0 fully saturated rings. The summed E-state index contributed by atoms with van der Waals surface area (Å²) in [6, 6.07) is 6.33. The van der Waals surface area contributed by atoms with Gasteiger partial charge in [0.2, 0.25) is 0 Å². The van der Waals surface area contributed by atoms with Gasteiger partial charge in [-0.05, 0) is 6.92 Å². The standard InChI is InChI=1S/C10H10N4O2/c1-6-9(12-13-10(6)11)7-3-2-4-8(5-7)14(15)16/h2-5H,1H3,(H3,11,12,13). The molecular formula is C10H10N4O2. The van der Waals surface area contributed by atoms with E-state index < -0.39 is 4.92 Å². The van der Waals surface area contributed by atoms with Gasteiger partial charge in [-0.1, -0.05) is 12.1 Å². The van der Waals surface area contributed by atoms with Crippen molar-refractivity contribution in [3.05, 3.63) is 39.9 Å². The number of rotatable bonds is 2. The van der Waals surface area contributed by atoms with E-state index >= 15 is 0 Å².